The van der Waals surface area contributed by atoms with E-state index in [1.54, 1.807) is 13.3 Å². The van der Waals surface area contributed by atoms with Crippen molar-refractivity contribution in [3.05, 3.63) is 54.2 Å². The van der Waals surface area contributed by atoms with E-state index >= 15 is 0 Å². The number of methoxy groups -OCH3 is 1. The highest BCUT2D eigenvalue weighted by Gasteiger charge is 2.28. The lowest BCUT2D eigenvalue weighted by molar-refractivity contribution is 0.0491. The maximum Gasteiger partial charge on any atom is 0.407 e. The lowest BCUT2D eigenvalue weighted by atomic mass is 9.89. The number of carbonyl (C=O) groups is 1. The van der Waals surface area contributed by atoms with E-state index in [9.17, 15) is 4.79 Å². The summed E-state index contributed by atoms with van der Waals surface area (Å²) in [5.41, 5.74) is 1.89. The van der Waals surface area contributed by atoms with Gasteiger partial charge in [-0.2, -0.15) is 0 Å². The second-order valence-electron chi connectivity index (χ2n) is 8.82. The van der Waals surface area contributed by atoms with Crippen LogP contribution in [0.1, 0.15) is 52.0 Å². The fourth-order valence-electron chi connectivity index (χ4n) is 3.91. The molecule has 0 spiro atoms. The van der Waals surface area contributed by atoms with Gasteiger partial charge in [0.15, 0.2) is 0 Å². The molecule has 3 rings (SSSR count). The van der Waals surface area contributed by atoms with Gasteiger partial charge in [-0.25, -0.2) is 9.78 Å². The molecule has 30 heavy (non-hydrogen) atoms. The molecule has 1 saturated carbocycles. The smallest absolute Gasteiger partial charge is 0.407 e. The summed E-state index contributed by atoms with van der Waals surface area (Å²) in [6, 6.07) is 15.1. The predicted molar refractivity (Wildman–Crippen MR) is 119 cm³/mol. The van der Waals surface area contributed by atoms with Crippen molar-refractivity contribution in [3.63, 3.8) is 0 Å². The summed E-state index contributed by atoms with van der Waals surface area (Å²) in [7, 11) is 1.64. The van der Waals surface area contributed by atoms with Crippen LogP contribution in [-0.2, 0) is 11.3 Å². The third-order valence-corrected chi connectivity index (χ3v) is 5.31. The van der Waals surface area contributed by atoms with Crippen molar-refractivity contribution in [2.45, 2.75) is 70.7 Å². The number of pyridine rings is 1. The molecule has 1 fully saturated rings. The third-order valence-electron chi connectivity index (χ3n) is 5.31. The minimum atomic E-state index is -0.478. The summed E-state index contributed by atoms with van der Waals surface area (Å²) in [5.74, 6) is 0.617. The highest BCUT2D eigenvalue weighted by molar-refractivity contribution is 5.68. The van der Waals surface area contributed by atoms with Gasteiger partial charge in [0.2, 0.25) is 5.88 Å². The van der Waals surface area contributed by atoms with Crippen molar-refractivity contribution < 1.29 is 14.3 Å². The number of ether oxygens (including phenoxy) is 2. The van der Waals surface area contributed by atoms with Gasteiger partial charge in [0, 0.05) is 36.6 Å². The summed E-state index contributed by atoms with van der Waals surface area (Å²) < 4.78 is 10.8. The van der Waals surface area contributed by atoms with E-state index in [0.717, 1.165) is 37.9 Å². The summed E-state index contributed by atoms with van der Waals surface area (Å²) in [4.78, 5) is 18.8. The Balaban J connectivity index is 1.68. The molecule has 1 aromatic carbocycles. The van der Waals surface area contributed by atoms with Gasteiger partial charge in [0.1, 0.15) is 5.60 Å². The zero-order valence-electron chi connectivity index (χ0n) is 18.4. The first-order valence-corrected chi connectivity index (χ1v) is 10.6. The zero-order chi connectivity index (χ0) is 21.6. The molecule has 1 aromatic heterocycles. The number of nitrogens with zero attached hydrogens (tertiary/aromatic N) is 2. The standard InChI is InChI=1S/C24H33N3O3/c1-24(2,3)30-23(28)26-19-10-12-20(13-11-19)27(17-18-8-6-5-7-9-18)21-14-15-25-22(16-21)29-4/h5-9,14-16,19-20H,10-13,17H2,1-4H3,(H,26,28). The molecule has 1 N–H and O–H groups in total. The first kappa shape index (κ1) is 21.9. The van der Waals surface area contributed by atoms with Gasteiger partial charge in [0.05, 0.1) is 7.11 Å². The molecule has 1 aliphatic carbocycles. The van der Waals surface area contributed by atoms with Gasteiger partial charge in [-0.3, -0.25) is 0 Å². The lowest BCUT2D eigenvalue weighted by Crippen LogP contribution is -2.45. The minimum Gasteiger partial charge on any atom is -0.481 e. The van der Waals surface area contributed by atoms with Crippen LogP contribution in [0, 0.1) is 0 Å². The Hall–Kier alpha value is -2.76. The number of amides is 1. The van der Waals surface area contributed by atoms with Crippen molar-refractivity contribution in [2.24, 2.45) is 0 Å². The van der Waals surface area contributed by atoms with E-state index in [1.165, 1.54) is 5.56 Å². The zero-order valence-corrected chi connectivity index (χ0v) is 18.4. The van der Waals surface area contributed by atoms with E-state index in [2.05, 4.69) is 39.5 Å². The summed E-state index contributed by atoms with van der Waals surface area (Å²) in [6.07, 6.45) is 5.32. The van der Waals surface area contributed by atoms with E-state index in [-0.39, 0.29) is 12.1 Å². The van der Waals surface area contributed by atoms with Gasteiger partial charge in [-0.15, -0.1) is 0 Å². The molecule has 2 aromatic rings. The molecule has 162 valence electrons. The molecule has 6 heteroatoms. The van der Waals surface area contributed by atoms with Crippen LogP contribution in [0.3, 0.4) is 0 Å². The predicted octanol–water partition coefficient (Wildman–Crippen LogP) is 4.93. The summed E-state index contributed by atoms with van der Waals surface area (Å²) >= 11 is 0. The first-order valence-electron chi connectivity index (χ1n) is 10.6. The Morgan fingerprint density at radius 2 is 1.83 bits per heavy atom. The van der Waals surface area contributed by atoms with Crippen LogP contribution in [0.5, 0.6) is 5.88 Å². The van der Waals surface area contributed by atoms with Crippen LogP contribution in [0.25, 0.3) is 0 Å². The SMILES string of the molecule is COc1cc(N(Cc2ccccc2)C2CCC(NC(=O)OC(C)(C)C)CC2)ccn1. The van der Waals surface area contributed by atoms with Crippen molar-refractivity contribution in [1.82, 2.24) is 10.3 Å². The van der Waals surface area contributed by atoms with Gasteiger partial charge in [-0.05, 0) is 58.1 Å². The van der Waals surface area contributed by atoms with Gasteiger partial charge in [-0.1, -0.05) is 30.3 Å². The maximum absolute atomic E-state index is 12.1. The number of alkyl carbamates (subject to hydrolysis) is 1. The molecule has 0 aliphatic heterocycles. The van der Waals surface area contributed by atoms with Crippen LogP contribution in [0.15, 0.2) is 48.7 Å². The van der Waals surface area contributed by atoms with E-state index in [1.807, 2.05) is 39.0 Å². The molecule has 0 bridgehead atoms. The number of anilines is 1. The quantitative estimate of drug-likeness (QED) is 0.730. The molecular formula is C24H33N3O3. The van der Waals surface area contributed by atoms with Crippen LogP contribution < -0.4 is 15.0 Å². The highest BCUT2D eigenvalue weighted by Crippen LogP contribution is 2.30. The van der Waals surface area contributed by atoms with Gasteiger partial charge >= 0.3 is 6.09 Å². The second-order valence-corrected chi connectivity index (χ2v) is 8.82. The van der Waals surface area contributed by atoms with Crippen LogP contribution in [0.2, 0.25) is 0 Å². The molecule has 0 unspecified atom stereocenters. The maximum atomic E-state index is 12.1. The highest BCUT2D eigenvalue weighted by atomic mass is 16.6. The van der Waals surface area contributed by atoms with E-state index in [0.29, 0.717) is 11.9 Å². The number of hydrogen-bond donors (Lipinski definition) is 1. The molecule has 1 amide bonds. The van der Waals surface area contributed by atoms with Crippen LogP contribution in [-0.4, -0.2) is 35.9 Å². The molecular weight excluding hydrogens is 378 g/mol. The Morgan fingerprint density at radius 1 is 1.13 bits per heavy atom. The number of rotatable bonds is 6. The number of benzene rings is 1. The van der Waals surface area contributed by atoms with E-state index < -0.39 is 5.60 Å². The Bertz CT molecular complexity index is 812. The molecule has 0 atom stereocenters. The molecule has 0 saturated heterocycles. The normalized spacial score (nSPS) is 19.1. The number of carbonyl (C=O) groups excluding carboxylic acids is 1. The van der Waals surface area contributed by atoms with E-state index in [4.69, 9.17) is 9.47 Å². The number of nitrogens with one attached hydrogen (secondary N) is 1. The van der Waals surface area contributed by atoms with Crippen molar-refractivity contribution >= 4 is 11.8 Å². The average Bonchev–Trinajstić information content (AvgIpc) is 2.72. The Kier molecular flexibility index (Phi) is 7.19. The average molecular weight is 412 g/mol. The van der Waals surface area contributed by atoms with Gasteiger partial charge in [0.25, 0.3) is 0 Å². The Labute approximate surface area is 179 Å². The van der Waals surface area contributed by atoms with Crippen molar-refractivity contribution in [2.75, 3.05) is 12.0 Å². The van der Waals surface area contributed by atoms with Crippen LogP contribution >= 0.6 is 0 Å². The molecule has 1 heterocycles. The van der Waals surface area contributed by atoms with Crippen LogP contribution in [0.4, 0.5) is 10.5 Å². The molecule has 1 aliphatic rings. The topological polar surface area (TPSA) is 63.7 Å². The fourth-order valence-corrected chi connectivity index (χ4v) is 3.91. The monoisotopic (exact) mass is 411 g/mol. The van der Waals surface area contributed by atoms with Crippen molar-refractivity contribution in [3.8, 4) is 5.88 Å². The van der Waals surface area contributed by atoms with Gasteiger partial charge < -0.3 is 19.7 Å². The molecule has 0 radical (unpaired) electrons. The Morgan fingerprint density at radius 3 is 2.47 bits per heavy atom. The number of hydrogen-bond acceptors (Lipinski definition) is 5. The van der Waals surface area contributed by atoms with Crippen molar-refractivity contribution in [1.29, 1.82) is 0 Å². The molecule has 6 nitrogen and oxygen atoms in total. The summed E-state index contributed by atoms with van der Waals surface area (Å²) in [6.45, 7) is 6.47. The minimum absolute atomic E-state index is 0.154. The fraction of sp³-hybridized carbons (Fsp3) is 0.500. The number of aromatic nitrogens is 1. The third kappa shape index (κ3) is 6.37. The largest absolute Gasteiger partial charge is 0.481 e. The first-order chi connectivity index (χ1) is 14.3. The lowest BCUT2D eigenvalue weighted by Gasteiger charge is -2.39. The second kappa shape index (κ2) is 9.83. The summed E-state index contributed by atoms with van der Waals surface area (Å²) in [5, 5.41) is 3.03.